The second-order valence-corrected chi connectivity index (χ2v) is 11.7. The van der Waals surface area contributed by atoms with E-state index in [0.717, 1.165) is 9.87 Å². The largest absolute Gasteiger partial charge is 0.482 e. The third-order valence-electron chi connectivity index (χ3n) is 5.31. The highest BCUT2D eigenvalue weighted by Crippen LogP contribution is 2.27. The molecule has 206 valence electrons. The van der Waals surface area contributed by atoms with E-state index in [9.17, 15) is 18.0 Å². The zero-order valence-electron chi connectivity index (χ0n) is 22.7. The van der Waals surface area contributed by atoms with Gasteiger partial charge in [-0.05, 0) is 93.8 Å². The molecule has 0 aliphatic rings. The summed E-state index contributed by atoms with van der Waals surface area (Å²) in [6, 6.07) is 20.1. The molecule has 0 saturated carbocycles. The fourth-order valence-corrected chi connectivity index (χ4v) is 5.01. The number of carbonyl (C=O) groups is 2. The molecule has 3 aromatic carbocycles. The average Bonchev–Trinajstić information content (AvgIpc) is 2.88. The Morgan fingerprint density at radius 2 is 1.64 bits per heavy atom. The van der Waals surface area contributed by atoms with Crippen molar-refractivity contribution in [2.24, 2.45) is 5.10 Å². The summed E-state index contributed by atoms with van der Waals surface area (Å²) in [5.41, 5.74) is 4.45. The first-order valence-corrected chi connectivity index (χ1v) is 13.7. The Morgan fingerprint density at radius 1 is 0.974 bits per heavy atom. The molecule has 0 spiro atoms. The minimum absolute atomic E-state index is 0.0798. The first-order chi connectivity index (χ1) is 18.3. The average molecular weight is 552 g/mol. The van der Waals surface area contributed by atoms with Crippen LogP contribution in [0.3, 0.4) is 0 Å². The molecule has 0 unspecified atom stereocenters. The number of rotatable bonds is 10. The monoisotopic (exact) mass is 551 g/mol. The van der Waals surface area contributed by atoms with Crippen LogP contribution in [0.5, 0.6) is 5.75 Å². The van der Waals surface area contributed by atoms with Gasteiger partial charge < -0.3 is 9.47 Å². The van der Waals surface area contributed by atoms with Gasteiger partial charge in [-0.3, -0.25) is 9.10 Å². The molecule has 0 aliphatic carbocycles. The Labute approximate surface area is 229 Å². The molecular formula is C29H33N3O6S. The Balaban J connectivity index is 1.67. The van der Waals surface area contributed by atoms with Crippen molar-refractivity contribution in [3.05, 3.63) is 89.5 Å². The zero-order chi connectivity index (χ0) is 28.6. The number of carbonyl (C=O) groups excluding carboxylic acids is 2. The maximum Gasteiger partial charge on any atom is 0.344 e. The van der Waals surface area contributed by atoms with Crippen molar-refractivity contribution in [1.29, 1.82) is 0 Å². The van der Waals surface area contributed by atoms with Crippen molar-refractivity contribution in [3.63, 3.8) is 0 Å². The van der Waals surface area contributed by atoms with E-state index in [1.165, 1.54) is 18.3 Å². The quantitative estimate of drug-likeness (QED) is 0.227. The Kier molecular flexibility index (Phi) is 9.47. The maximum atomic E-state index is 13.5. The number of nitrogens with zero attached hydrogens (tertiary/aromatic N) is 2. The summed E-state index contributed by atoms with van der Waals surface area (Å²) in [5.74, 6) is -0.610. The maximum absolute atomic E-state index is 13.5. The number of hydrogen-bond acceptors (Lipinski definition) is 7. The van der Waals surface area contributed by atoms with Gasteiger partial charge in [-0.25, -0.2) is 18.6 Å². The second-order valence-electron chi connectivity index (χ2n) is 9.85. The van der Waals surface area contributed by atoms with E-state index in [4.69, 9.17) is 9.47 Å². The third kappa shape index (κ3) is 8.68. The number of hydrogen-bond donors (Lipinski definition) is 1. The van der Waals surface area contributed by atoms with E-state index in [-0.39, 0.29) is 11.5 Å². The molecule has 10 heteroatoms. The van der Waals surface area contributed by atoms with Crippen LogP contribution in [0.2, 0.25) is 0 Å². The number of esters is 1. The predicted molar refractivity (Wildman–Crippen MR) is 150 cm³/mol. The van der Waals surface area contributed by atoms with Crippen LogP contribution in [-0.4, -0.2) is 45.3 Å². The molecule has 0 fully saturated rings. The molecule has 0 bridgehead atoms. The molecule has 0 aromatic heterocycles. The highest BCUT2D eigenvalue weighted by molar-refractivity contribution is 7.92. The SMILES string of the molecule is Cc1ccc(C)c(N(CC(=O)N/N=C\c2ccc(OCC(=O)OC(C)(C)C)cc2)S(=O)(=O)c2ccccc2)c1. The highest BCUT2D eigenvalue weighted by Gasteiger charge is 2.28. The van der Waals surface area contributed by atoms with E-state index >= 15 is 0 Å². The van der Waals surface area contributed by atoms with Crippen LogP contribution in [0, 0.1) is 13.8 Å². The number of benzene rings is 3. The fourth-order valence-electron chi connectivity index (χ4n) is 3.52. The predicted octanol–water partition coefficient (Wildman–Crippen LogP) is 4.37. The third-order valence-corrected chi connectivity index (χ3v) is 7.09. The van der Waals surface area contributed by atoms with Gasteiger partial charge in [0, 0.05) is 0 Å². The van der Waals surface area contributed by atoms with Crippen LogP contribution in [0.25, 0.3) is 0 Å². The van der Waals surface area contributed by atoms with Crippen LogP contribution in [0.15, 0.2) is 82.8 Å². The van der Waals surface area contributed by atoms with Crippen LogP contribution >= 0.6 is 0 Å². The van der Waals surface area contributed by atoms with Gasteiger partial charge in [0.05, 0.1) is 16.8 Å². The minimum atomic E-state index is -4.02. The molecule has 1 N–H and O–H groups in total. The standard InChI is InChI=1S/C29H33N3O6S/c1-21-11-12-22(2)26(17-21)32(39(35,36)25-9-7-6-8-10-25)19-27(33)31-30-18-23-13-15-24(16-14-23)37-20-28(34)38-29(3,4)5/h6-18H,19-20H2,1-5H3,(H,31,33)/b30-18-. The Hall–Kier alpha value is -4.18. The van der Waals surface area contributed by atoms with Crippen LogP contribution in [0.1, 0.15) is 37.5 Å². The molecule has 0 heterocycles. The molecular weight excluding hydrogens is 518 g/mol. The van der Waals surface area contributed by atoms with Gasteiger partial charge in [-0.15, -0.1) is 0 Å². The molecule has 39 heavy (non-hydrogen) atoms. The fraction of sp³-hybridized carbons (Fsp3) is 0.276. The van der Waals surface area contributed by atoms with Gasteiger partial charge in [0.15, 0.2) is 6.61 Å². The normalized spacial score (nSPS) is 11.7. The zero-order valence-corrected chi connectivity index (χ0v) is 23.5. The first-order valence-electron chi connectivity index (χ1n) is 12.3. The lowest BCUT2D eigenvalue weighted by Gasteiger charge is -2.25. The van der Waals surface area contributed by atoms with Crippen LogP contribution in [-0.2, 0) is 24.3 Å². The lowest BCUT2D eigenvalue weighted by Crippen LogP contribution is -2.40. The second kappa shape index (κ2) is 12.6. The van der Waals surface area contributed by atoms with Gasteiger partial charge in [-0.1, -0.05) is 30.3 Å². The molecule has 0 aliphatic heterocycles. The molecule has 0 atom stereocenters. The van der Waals surface area contributed by atoms with Gasteiger partial charge >= 0.3 is 5.97 Å². The number of hydrazone groups is 1. The molecule has 0 saturated heterocycles. The molecule has 0 radical (unpaired) electrons. The number of aryl methyl sites for hydroxylation is 2. The number of ether oxygens (including phenoxy) is 2. The highest BCUT2D eigenvalue weighted by atomic mass is 32.2. The number of anilines is 1. The summed E-state index contributed by atoms with van der Waals surface area (Å²) < 4.78 is 38.7. The topological polar surface area (TPSA) is 114 Å². The van der Waals surface area contributed by atoms with Gasteiger partial charge in [0.25, 0.3) is 15.9 Å². The van der Waals surface area contributed by atoms with Crippen molar-refractivity contribution in [3.8, 4) is 5.75 Å². The molecule has 9 nitrogen and oxygen atoms in total. The Morgan fingerprint density at radius 3 is 2.28 bits per heavy atom. The van der Waals surface area contributed by atoms with Crippen LogP contribution < -0.4 is 14.5 Å². The van der Waals surface area contributed by atoms with E-state index in [2.05, 4.69) is 10.5 Å². The lowest BCUT2D eigenvalue weighted by molar-refractivity contribution is -0.157. The summed E-state index contributed by atoms with van der Waals surface area (Å²) in [5, 5.41) is 3.97. The van der Waals surface area contributed by atoms with E-state index in [1.54, 1.807) is 76.2 Å². The van der Waals surface area contributed by atoms with E-state index in [1.807, 2.05) is 19.1 Å². The van der Waals surface area contributed by atoms with Gasteiger partial charge in [-0.2, -0.15) is 5.10 Å². The van der Waals surface area contributed by atoms with Crippen molar-refractivity contribution in [1.82, 2.24) is 5.43 Å². The summed E-state index contributed by atoms with van der Waals surface area (Å²) >= 11 is 0. The number of nitrogens with one attached hydrogen (secondary N) is 1. The van der Waals surface area contributed by atoms with E-state index in [0.29, 0.717) is 22.6 Å². The van der Waals surface area contributed by atoms with Crippen molar-refractivity contribution >= 4 is 33.8 Å². The molecule has 1 amide bonds. The minimum Gasteiger partial charge on any atom is -0.482 e. The van der Waals surface area contributed by atoms with Crippen molar-refractivity contribution < 1.29 is 27.5 Å². The molecule has 3 aromatic rings. The summed E-state index contributed by atoms with van der Waals surface area (Å²) in [6.45, 7) is 8.30. The van der Waals surface area contributed by atoms with Crippen molar-refractivity contribution in [2.75, 3.05) is 17.5 Å². The number of amides is 1. The smallest absolute Gasteiger partial charge is 0.344 e. The summed E-state index contributed by atoms with van der Waals surface area (Å²) in [7, 11) is -4.02. The number of sulfonamides is 1. The summed E-state index contributed by atoms with van der Waals surface area (Å²) in [6.07, 6.45) is 1.42. The lowest BCUT2D eigenvalue weighted by atomic mass is 10.1. The van der Waals surface area contributed by atoms with Crippen LogP contribution in [0.4, 0.5) is 5.69 Å². The van der Waals surface area contributed by atoms with Crippen molar-refractivity contribution in [2.45, 2.75) is 45.1 Å². The molecule has 3 rings (SSSR count). The Bertz CT molecular complexity index is 1430. The van der Waals surface area contributed by atoms with Gasteiger partial charge in [0.1, 0.15) is 17.9 Å². The summed E-state index contributed by atoms with van der Waals surface area (Å²) in [4.78, 5) is 24.7. The van der Waals surface area contributed by atoms with Gasteiger partial charge in [0.2, 0.25) is 0 Å². The first kappa shape index (κ1) is 29.4. The van der Waals surface area contributed by atoms with E-state index < -0.39 is 34.0 Å².